The second-order valence-corrected chi connectivity index (χ2v) is 19.8. The maximum absolute atomic E-state index is 13.4. The van der Waals surface area contributed by atoms with Crippen LogP contribution < -0.4 is 5.32 Å². The van der Waals surface area contributed by atoms with Gasteiger partial charge in [0, 0.05) is 24.5 Å². The number of carbonyl (C=O) groups excluding carboxylic acids is 3. The summed E-state index contributed by atoms with van der Waals surface area (Å²) < 4.78 is 24.7. The molecule has 1 N–H and O–H groups in total. The molecule has 39 heavy (non-hydrogen) atoms. The first kappa shape index (κ1) is 30.1. The van der Waals surface area contributed by atoms with E-state index in [-0.39, 0.29) is 23.9 Å². The van der Waals surface area contributed by atoms with Gasteiger partial charge in [-0.15, -0.1) is 0 Å². The third kappa shape index (κ3) is 4.55. The van der Waals surface area contributed by atoms with Crippen LogP contribution in [0, 0.1) is 17.3 Å². The lowest BCUT2D eigenvalue weighted by atomic mass is 9.59. The van der Waals surface area contributed by atoms with Gasteiger partial charge in [-0.3, -0.25) is 4.79 Å². The summed E-state index contributed by atoms with van der Waals surface area (Å²) in [6.07, 6.45) is 4.57. The van der Waals surface area contributed by atoms with Crippen LogP contribution in [-0.2, 0) is 28.2 Å². The zero-order chi connectivity index (χ0) is 29.2. The molecule has 3 fully saturated rings. The first-order valence-corrected chi connectivity index (χ1v) is 16.9. The smallest absolute Gasteiger partial charge is 0.408 e. The molecular weight excluding hydrogens is 514 g/mol. The van der Waals surface area contributed by atoms with E-state index in [2.05, 4.69) is 46.9 Å². The molecule has 4 aliphatic rings. The lowest BCUT2D eigenvalue weighted by Crippen LogP contribution is -2.72. The van der Waals surface area contributed by atoms with Crippen LogP contribution in [0.25, 0.3) is 0 Å². The molecule has 0 aromatic carbocycles. The van der Waals surface area contributed by atoms with E-state index >= 15 is 0 Å². The highest BCUT2D eigenvalue weighted by Gasteiger charge is 2.81. The van der Waals surface area contributed by atoms with Gasteiger partial charge in [-0.2, -0.15) is 0 Å². The number of rotatable bonds is 9. The Morgan fingerprint density at radius 1 is 1.13 bits per heavy atom. The van der Waals surface area contributed by atoms with Crippen LogP contribution in [0.5, 0.6) is 0 Å². The van der Waals surface area contributed by atoms with Gasteiger partial charge in [0.2, 0.25) is 0 Å². The molecule has 0 aromatic heterocycles. The number of ether oxygens (including phenoxy) is 3. The van der Waals surface area contributed by atoms with Crippen molar-refractivity contribution in [2.45, 2.75) is 134 Å². The molecule has 1 saturated heterocycles. The second-order valence-electron chi connectivity index (χ2n) is 14.4. The number of fused-ring (bicyclic) bond motifs is 1. The van der Waals surface area contributed by atoms with Crippen molar-refractivity contribution in [3.63, 3.8) is 0 Å². The van der Waals surface area contributed by atoms with Gasteiger partial charge in [0.15, 0.2) is 13.9 Å². The number of amides is 1. The van der Waals surface area contributed by atoms with Crippen LogP contribution in [0.15, 0.2) is 12.2 Å². The second kappa shape index (κ2) is 9.89. The Kier molecular flexibility index (Phi) is 7.63. The minimum absolute atomic E-state index is 0.262. The molecule has 6 atom stereocenters. The monoisotopic (exact) mass is 563 g/mol. The summed E-state index contributed by atoms with van der Waals surface area (Å²) in [6, 6.07) is 0. The van der Waals surface area contributed by atoms with Crippen molar-refractivity contribution in [2.75, 3.05) is 6.61 Å². The van der Waals surface area contributed by atoms with E-state index in [1.54, 1.807) is 6.08 Å². The van der Waals surface area contributed by atoms with Gasteiger partial charge in [-0.05, 0) is 76.1 Å². The standard InChI is InChI=1S/C30H49NO7Si/c1-18(2)39(19(3)4,20(5)6)35-15-11-12-21-22-16-23-28(10,25(33)36-22)17-29(21,30(23)14-13-24(32)37-30)31-26(34)38-27(7,8)9/h13-14,18-23H,11-12,15-17H2,1-10H3,(H,31,34). The van der Waals surface area contributed by atoms with Crippen molar-refractivity contribution in [2.24, 2.45) is 17.3 Å². The molecule has 6 unspecified atom stereocenters. The number of hydrogen-bond donors (Lipinski definition) is 1. The summed E-state index contributed by atoms with van der Waals surface area (Å²) in [7, 11) is -2.04. The van der Waals surface area contributed by atoms with Crippen molar-refractivity contribution < 1.29 is 33.0 Å². The maximum Gasteiger partial charge on any atom is 0.408 e. The zero-order valence-corrected chi connectivity index (χ0v) is 26.5. The van der Waals surface area contributed by atoms with Gasteiger partial charge in [0.1, 0.15) is 11.7 Å². The summed E-state index contributed by atoms with van der Waals surface area (Å²) >= 11 is 0. The predicted octanol–water partition coefficient (Wildman–Crippen LogP) is 6.05. The number of carbonyl (C=O) groups is 3. The van der Waals surface area contributed by atoms with Crippen LogP contribution in [0.1, 0.15) is 94.9 Å². The molecule has 2 aliphatic carbocycles. The van der Waals surface area contributed by atoms with Crippen LogP contribution in [-0.4, -0.2) is 55.8 Å². The molecule has 1 amide bonds. The van der Waals surface area contributed by atoms with E-state index in [1.165, 1.54) is 6.08 Å². The fourth-order valence-corrected chi connectivity index (χ4v) is 14.4. The van der Waals surface area contributed by atoms with Crippen LogP contribution in [0.2, 0.25) is 16.6 Å². The van der Waals surface area contributed by atoms with Gasteiger partial charge in [-0.25, -0.2) is 9.59 Å². The Bertz CT molecular complexity index is 1010. The molecule has 2 saturated carbocycles. The summed E-state index contributed by atoms with van der Waals surface area (Å²) in [5.74, 6) is -1.28. The van der Waals surface area contributed by atoms with Crippen LogP contribution in [0.4, 0.5) is 4.79 Å². The highest BCUT2D eigenvalue weighted by Crippen LogP contribution is 2.69. The largest absolute Gasteiger partial charge is 0.462 e. The highest BCUT2D eigenvalue weighted by atomic mass is 28.4. The first-order chi connectivity index (χ1) is 17.9. The number of hydrogen-bond acceptors (Lipinski definition) is 7. The predicted molar refractivity (Wildman–Crippen MR) is 150 cm³/mol. The fourth-order valence-electron chi connectivity index (χ4n) is 8.87. The van der Waals surface area contributed by atoms with E-state index in [1.807, 2.05) is 27.7 Å². The molecule has 4 rings (SSSR count). The zero-order valence-electron chi connectivity index (χ0n) is 25.5. The molecule has 0 aromatic rings. The SMILES string of the molecule is CC(C)[Si](OCCCC1C2CC3C(C)(CC1(NC(=O)OC(C)(C)C)C31C=CC(=O)O1)C(=O)O2)(C(C)C)C(C)C. The summed E-state index contributed by atoms with van der Waals surface area (Å²) in [5.41, 5.74) is -2.32. The number of nitrogens with one attached hydrogen (secondary N) is 1. The Hall–Kier alpha value is -1.87. The summed E-state index contributed by atoms with van der Waals surface area (Å²) in [4.78, 5) is 39.3. The van der Waals surface area contributed by atoms with Crippen molar-refractivity contribution >= 4 is 26.3 Å². The minimum Gasteiger partial charge on any atom is -0.462 e. The minimum atomic E-state index is -2.04. The normalized spacial score (nSPS) is 35.4. The van der Waals surface area contributed by atoms with Crippen molar-refractivity contribution in [1.29, 1.82) is 0 Å². The number of esters is 2. The molecule has 2 aliphatic heterocycles. The molecule has 0 radical (unpaired) electrons. The highest BCUT2D eigenvalue weighted by molar-refractivity contribution is 6.77. The third-order valence-electron chi connectivity index (χ3n) is 10.1. The fraction of sp³-hybridized carbons (Fsp3) is 0.833. The third-order valence-corrected chi connectivity index (χ3v) is 16.2. The average Bonchev–Trinajstić information content (AvgIpc) is 3.20. The van der Waals surface area contributed by atoms with E-state index < -0.39 is 42.5 Å². The molecule has 220 valence electrons. The van der Waals surface area contributed by atoms with Gasteiger partial charge in [0.25, 0.3) is 0 Å². The van der Waals surface area contributed by atoms with Gasteiger partial charge >= 0.3 is 18.0 Å². The molecule has 8 nitrogen and oxygen atoms in total. The number of alkyl carbamates (subject to hydrolysis) is 1. The molecule has 2 heterocycles. The van der Waals surface area contributed by atoms with Crippen molar-refractivity contribution in [1.82, 2.24) is 5.32 Å². The average molecular weight is 564 g/mol. The van der Waals surface area contributed by atoms with E-state index in [4.69, 9.17) is 18.6 Å². The van der Waals surface area contributed by atoms with Gasteiger partial charge in [0.05, 0.1) is 11.0 Å². The summed E-state index contributed by atoms with van der Waals surface area (Å²) in [5, 5.41) is 3.19. The van der Waals surface area contributed by atoms with Gasteiger partial charge in [-0.1, -0.05) is 41.5 Å². The lowest BCUT2D eigenvalue weighted by molar-refractivity contribution is -0.206. The van der Waals surface area contributed by atoms with Crippen LogP contribution in [0.3, 0.4) is 0 Å². The molecule has 9 heteroatoms. The maximum atomic E-state index is 13.4. The molecule has 1 spiro atoms. The Morgan fingerprint density at radius 3 is 2.26 bits per heavy atom. The van der Waals surface area contributed by atoms with E-state index in [0.717, 1.165) is 6.42 Å². The quantitative estimate of drug-likeness (QED) is 0.158. The Morgan fingerprint density at radius 2 is 1.74 bits per heavy atom. The van der Waals surface area contributed by atoms with E-state index in [0.29, 0.717) is 42.5 Å². The Balaban J connectivity index is 1.67. The molecule has 3 bridgehead atoms. The summed E-state index contributed by atoms with van der Waals surface area (Å²) in [6.45, 7) is 21.6. The van der Waals surface area contributed by atoms with Gasteiger partial charge < -0.3 is 24.0 Å². The van der Waals surface area contributed by atoms with E-state index in [9.17, 15) is 14.4 Å². The Labute approximate surface area is 235 Å². The first-order valence-electron chi connectivity index (χ1n) is 14.7. The molecular formula is C30H49NO7Si. The van der Waals surface area contributed by atoms with Crippen LogP contribution >= 0.6 is 0 Å². The lowest BCUT2D eigenvalue weighted by Gasteiger charge is -2.56. The topological polar surface area (TPSA) is 100 Å². The van der Waals surface area contributed by atoms with Crippen molar-refractivity contribution in [3.05, 3.63) is 12.2 Å². The van der Waals surface area contributed by atoms with Crippen molar-refractivity contribution in [3.8, 4) is 0 Å².